The van der Waals surface area contributed by atoms with Gasteiger partial charge in [-0.15, -0.1) is 0 Å². The predicted molar refractivity (Wildman–Crippen MR) is 91.2 cm³/mol. The highest BCUT2D eigenvalue weighted by Crippen LogP contribution is 2.58. The van der Waals surface area contributed by atoms with Crippen LogP contribution in [0.5, 0.6) is 0 Å². The third-order valence-corrected chi connectivity index (χ3v) is 7.04. The van der Waals surface area contributed by atoms with E-state index in [2.05, 4.69) is 41.5 Å². The first-order valence-electron chi connectivity index (χ1n) is 9.33. The largest absolute Gasteiger partial charge is 0.393 e. The molecule has 2 unspecified atom stereocenters. The van der Waals surface area contributed by atoms with Crippen molar-refractivity contribution in [1.82, 2.24) is 0 Å². The van der Waals surface area contributed by atoms with E-state index in [0.717, 1.165) is 24.2 Å². The molecule has 124 valence electrons. The SMILES string of the molecule is C[C@H](CCC(C)(C)C)[C@H](C)C1CCC2[C@@H](O)CCC[C@]12C. The van der Waals surface area contributed by atoms with Crippen LogP contribution in [0, 0.1) is 34.5 Å². The molecule has 2 saturated carbocycles. The summed E-state index contributed by atoms with van der Waals surface area (Å²) < 4.78 is 0. The van der Waals surface area contributed by atoms with Crippen molar-refractivity contribution in [2.75, 3.05) is 0 Å². The molecule has 1 nitrogen and oxygen atoms in total. The van der Waals surface area contributed by atoms with E-state index in [9.17, 15) is 5.11 Å². The minimum atomic E-state index is -0.0224. The maximum absolute atomic E-state index is 10.4. The molecule has 1 heteroatoms. The third-order valence-electron chi connectivity index (χ3n) is 7.04. The summed E-state index contributed by atoms with van der Waals surface area (Å²) in [5.41, 5.74) is 0.865. The Morgan fingerprint density at radius 3 is 2.43 bits per heavy atom. The van der Waals surface area contributed by atoms with Crippen LogP contribution >= 0.6 is 0 Å². The van der Waals surface area contributed by atoms with Gasteiger partial charge in [-0.25, -0.2) is 0 Å². The summed E-state index contributed by atoms with van der Waals surface area (Å²) in [5, 5.41) is 10.4. The molecular weight excluding hydrogens is 256 g/mol. The molecule has 2 fully saturated rings. The van der Waals surface area contributed by atoms with Crippen LogP contribution in [-0.2, 0) is 0 Å². The zero-order chi connectivity index (χ0) is 15.8. The lowest BCUT2D eigenvalue weighted by Gasteiger charge is -2.46. The van der Waals surface area contributed by atoms with Gasteiger partial charge in [-0.05, 0) is 73.0 Å². The Balaban J connectivity index is 2.00. The lowest BCUT2D eigenvalue weighted by Crippen LogP contribution is -2.42. The smallest absolute Gasteiger partial charge is 0.0573 e. The fourth-order valence-electron chi connectivity index (χ4n) is 5.37. The van der Waals surface area contributed by atoms with Crippen molar-refractivity contribution >= 4 is 0 Å². The highest BCUT2D eigenvalue weighted by Gasteiger charge is 2.52. The first kappa shape index (κ1) is 17.3. The lowest BCUT2D eigenvalue weighted by atomic mass is 9.60. The van der Waals surface area contributed by atoms with E-state index >= 15 is 0 Å². The molecule has 2 aliphatic rings. The lowest BCUT2D eigenvalue weighted by molar-refractivity contribution is -0.0328. The Morgan fingerprint density at radius 1 is 1.14 bits per heavy atom. The van der Waals surface area contributed by atoms with Crippen LogP contribution in [0.15, 0.2) is 0 Å². The number of aliphatic hydroxyl groups excluding tert-OH is 1. The Morgan fingerprint density at radius 2 is 1.81 bits per heavy atom. The summed E-state index contributed by atoms with van der Waals surface area (Å²) in [5.74, 6) is 3.01. The van der Waals surface area contributed by atoms with Crippen LogP contribution in [0.1, 0.15) is 86.5 Å². The Kier molecular flexibility index (Phi) is 5.13. The van der Waals surface area contributed by atoms with Crippen molar-refractivity contribution < 1.29 is 5.11 Å². The molecular formula is C20H38O. The number of hydrogen-bond donors (Lipinski definition) is 1. The zero-order valence-electron chi connectivity index (χ0n) is 15.3. The minimum absolute atomic E-state index is 0.0224. The minimum Gasteiger partial charge on any atom is -0.393 e. The van der Waals surface area contributed by atoms with Gasteiger partial charge in [0.2, 0.25) is 0 Å². The Labute approximate surface area is 132 Å². The van der Waals surface area contributed by atoms with Crippen molar-refractivity contribution in [3.8, 4) is 0 Å². The van der Waals surface area contributed by atoms with Crippen molar-refractivity contribution in [1.29, 1.82) is 0 Å². The van der Waals surface area contributed by atoms with E-state index in [4.69, 9.17) is 0 Å². The van der Waals surface area contributed by atoms with Crippen molar-refractivity contribution in [3.63, 3.8) is 0 Å². The highest BCUT2D eigenvalue weighted by molar-refractivity contribution is 5.02. The maximum Gasteiger partial charge on any atom is 0.0573 e. The fourth-order valence-corrected chi connectivity index (χ4v) is 5.37. The molecule has 0 aromatic heterocycles. The number of fused-ring (bicyclic) bond motifs is 1. The van der Waals surface area contributed by atoms with E-state index in [1.807, 2.05) is 0 Å². The first-order chi connectivity index (χ1) is 9.65. The number of rotatable bonds is 4. The van der Waals surface area contributed by atoms with Crippen molar-refractivity contribution in [3.05, 3.63) is 0 Å². The summed E-state index contributed by atoms with van der Waals surface area (Å²) in [6.45, 7) is 14.5. The van der Waals surface area contributed by atoms with Gasteiger partial charge in [-0.2, -0.15) is 0 Å². The molecule has 21 heavy (non-hydrogen) atoms. The van der Waals surface area contributed by atoms with Gasteiger partial charge >= 0.3 is 0 Å². The second-order valence-electron chi connectivity index (χ2n) is 9.69. The second-order valence-corrected chi connectivity index (χ2v) is 9.69. The van der Waals surface area contributed by atoms with E-state index in [1.165, 1.54) is 38.5 Å². The fraction of sp³-hybridized carbons (Fsp3) is 1.00. The van der Waals surface area contributed by atoms with Crippen molar-refractivity contribution in [2.24, 2.45) is 34.5 Å². The van der Waals surface area contributed by atoms with Gasteiger partial charge in [0.05, 0.1) is 6.10 Å². The molecule has 0 aromatic rings. The average molecular weight is 295 g/mol. The highest BCUT2D eigenvalue weighted by atomic mass is 16.3. The third kappa shape index (κ3) is 3.66. The number of hydrogen-bond acceptors (Lipinski definition) is 1. The van der Waals surface area contributed by atoms with Crippen LogP contribution in [-0.4, -0.2) is 11.2 Å². The Hall–Kier alpha value is -0.0400. The van der Waals surface area contributed by atoms with E-state index in [-0.39, 0.29) is 6.10 Å². The van der Waals surface area contributed by atoms with Crippen LogP contribution in [0.3, 0.4) is 0 Å². The van der Waals surface area contributed by atoms with Gasteiger partial charge in [-0.3, -0.25) is 0 Å². The molecule has 0 saturated heterocycles. The van der Waals surface area contributed by atoms with Gasteiger partial charge in [0.25, 0.3) is 0 Å². The van der Waals surface area contributed by atoms with Crippen LogP contribution in [0.4, 0.5) is 0 Å². The average Bonchev–Trinajstić information content (AvgIpc) is 2.73. The number of aliphatic hydroxyl groups is 1. The molecule has 1 N–H and O–H groups in total. The normalized spacial score (nSPS) is 39.9. The first-order valence-corrected chi connectivity index (χ1v) is 9.33. The second kappa shape index (κ2) is 6.22. The molecule has 0 radical (unpaired) electrons. The monoisotopic (exact) mass is 294 g/mol. The topological polar surface area (TPSA) is 20.2 Å². The zero-order valence-corrected chi connectivity index (χ0v) is 15.3. The summed E-state index contributed by atoms with van der Waals surface area (Å²) in [7, 11) is 0. The van der Waals surface area contributed by atoms with E-state index < -0.39 is 0 Å². The molecule has 0 aromatic carbocycles. The summed E-state index contributed by atoms with van der Waals surface area (Å²) in [6, 6.07) is 0. The van der Waals surface area contributed by atoms with Gasteiger partial charge in [0.15, 0.2) is 0 Å². The van der Waals surface area contributed by atoms with Crippen LogP contribution in [0.2, 0.25) is 0 Å². The molecule has 0 heterocycles. The van der Waals surface area contributed by atoms with Crippen LogP contribution in [0.25, 0.3) is 0 Å². The molecule has 0 spiro atoms. The van der Waals surface area contributed by atoms with Crippen molar-refractivity contribution in [2.45, 2.75) is 92.6 Å². The van der Waals surface area contributed by atoms with E-state index in [1.54, 1.807) is 0 Å². The standard InChI is InChI=1S/C20H38O/c1-14(11-13-19(3,4)5)15(2)16-9-10-17-18(21)8-7-12-20(16,17)6/h14-18,21H,7-13H2,1-6H3/t14-,15+,16?,17?,18+,20-/m1/s1. The van der Waals surface area contributed by atoms with Gasteiger partial charge in [0.1, 0.15) is 0 Å². The maximum atomic E-state index is 10.4. The molecule has 0 amide bonds. The van der Waals surface area contributed by atoms with Gasteiger partial charge < -0.3 is 5.11 Å². The predicted octanol–water partition coefficient (Wildman–Crippen LogP) is 5.66. The quantitative estimate of drug-likeness (QED) is 0.709. The van der Waals surface area contributed by atoms with Crippen LogP contribution < -0.4 is 0 Å². The van der Waals surface area contributed by atoms with Gasteiger partial charge in [0, 0.05) is 0 Å². The van der Waals surface area contributed by atoms with Gasteiger partial charge in [-0.1, -0.05) is 48.0 Å². The molecule has 6 atom stereocenters. The Bertz CT molecular complexity index is 342. The molecule has 2 aliphatic carbocycles. The van der Waals surface area contributed by atoms with E-state index in [0.29, 0.717) is 16.7 Å². The molecule has 2 rings (SSSR count). The molecule has 0 aliphatic heterocycles. The summed E-state index contributed by atoms with van der Waals surface area (Å²) >= 11 is 0. The summed E-state index contributed by atoms with van der Waals surface area (Å²) in [4.78, 5) is 0. The summed E-state index contributed by atoms with van der Waals surface area (Å²) in [6.07, 6.45) is 8.88. The molecule has 0 bridgehead atoms.